The van der Waals surface area contributed by atoms with Crippen LogP contribution in [-0.2, 0) is 6.42 Å². The average Bonchev–Trinajstić information content (AvgIpc) is 2.70. The van der Waals surface area contributed by atoms with Crippen molar-refractivity contribution in [3.63, 3.8) is 0 Å². The van der Waals surface area contributed by atoms with Gasteiger partial charge in [-0.2, -0.15) is 0 Å². The zero-order valence-electron chi connectivity index (χ0n) is 14.6. The van der Waals surface area contributed by atoms with Crippen molar-refractivity contribution in [2.24, 2.45) is 0 Å². The Morgan fingerprint density at radius 3 is 2.00 bits per heavy atom. The van der Waals surface area contributed by atoms with Crippen LogP contribution in [0.5, 0.6) is 0 Å². The number of benzene rings is 3. The van der Waals surface area contributed by atoms with Crippen LogP contribution in [0.4, 0.5) is 5.69 Å². The molecule has 0 radical (unpaired) electrons. The zero-order valence-corrected chi connectivity index (χ0v) is 14.6. The molecule has 0 unspecified atom stereocenters. The van der Waals surface area contributed by atoms with E-state index in [4.69, 9.17) is 0 Å². The van der Waals surface area contributed by atoms with Crippen molar-refractivity contribution in [2.75, 3.05) is 18.0 Å². The summed E-state index contributed by atoms with van der Waals surface area (Å²) in [5, 5.41) is 0. The summed E-state index contributed by atoms with van der Waals surface area (Å²) in [6, 6.07) is 30.8. The Bertz CT molecular complexity index is 755. The summed E-state index contributed by atoms with van der Waals surface area (Å²) in [5.41, 5.74) is 5.77. The van der Waals surface area contributed by atoms with Gasteiger partial charge in [-0.3, -0.25) is 0 Å². The number of aryl methyl sites for hydroxylation is 1. The highest BCUT2D eigenvalue weighted by molar-refractivity contribution is 5.55. The summed E-state index contributed by atoms with van der Waals surface area (Å²) in [4.78, 5) is 2.58. The van der Waals surface area contributed by atoms with Crippen LogP contribution in [0.15, 0.2) is 84.9 Å². The summed E-state index contributed by atoms with van der Waals surface area (Å²) < 4.78 is 0. The second-order valence-electron chi connectivity index (χ2n) is 6.88. The van der Waals surface area contributed by atoms with Crippen LogP contribution in [0.3, 0.4) is 0 Å². The predicted molar refractivity (Wildman–Crippen MR) is 106 cm³/mol. The van der Waals surface area contributed by atoms with Crippen LogP contribution < -0.4 is 4.90 Å². The molecule has 0 spiro atoms. The molecule has 1 heterocycles. The third-order valence-electron chi connectivity index (χ3n) is 5.30. The number of nitrogens with zero attached hydrogens (tertiary/aromatic N) is 1. The van der Waals surface area contributed by atoms with Crippen molar-refractivity contribution in [3.05, 3.63) is 102 Å². The Morgan fingerprint density at radius 2 is 1.32 bits per heavy atom. The molecule has 0 bridgehead atoms. The first-order valence-corrected chi connectivity index (χ1v) is 9.34. The monoisotopic (exact) mass is 327 g/mol. The second kappa shape index (κ2) is 7.57. The molecule has 0 N–H and O–H groups in total. The van der Waals surface area contributed by atoms with Crippen molar-refractivity contribution < 1.29 is 0 Å². The quantitative estimate of drug-likeness (QED) is 0.584. The average molecular weight is 327 g/mol. The fraction of sp³-hybridized carbons (Fsp3) is 0.250. The van der Waals surface area contributed by atoms with Gasteiger partial charge in [0.05, 0.1) is 0 Å². The first-order chi connectivity index (χ1) is 12.4. The van der Waals surface area contributed by atoms with Gasteiger partial charge in [-0.05, 0) is 42.0 Å². The Hall–Kier alpha value is -2.54. The van der Waals surface area contributed by atoms with Crippen molar-refractivity contribution >= 4 is 5.69 Å². The lowest BCUT2D eigenvalue weighted by Crippen LogP contribution is -2.31. The second-order valence-corrected chi connectivity index (χ2v) is 6.88. The molecule has 4 rings (SSSR count). The standard InChI is InChI=1S/C24H25N/c1-3-10-20(11-4-1)23(21-12-5-2-6-13-21)17-19-25-18-9-15-22-14-7-8-16-24(22)25/h1-8,10-14,16,23H,9,15,17-19H2. The summed E-state index contributed by atoms with van der Waals surface area (Å²) in [7, 11) is 0. The highest BCUT2D eigenvalue weighted by Gasteiger charge is 2.19. The van der Waals surface area contributed by atoms with Gasteiger partial charge < -0.3 is 4.90 Å². The van der Waals surface area contributed by atoms with Gasteiger partial charge in [0, 0.05) is 24.7 Å². The largest absolute Gasteiger partial charge is 0.371 e. The first-order valence-electron chi connectivity index (χ1n) is 9.34. The van der Waals surface area contributed by atoms with E-state index in [9.17, 15) is 0 Å². The van der Waals surface area contributed by atoms with Crippen LogP contribution in [0.1, 0.15) is 35.4 Å². The number of hydrogen-bond acceptors (Lipinski definition) is 1. The van der Waals surface area contributed by atoms with Gasteiger partial charge >= 0.3 is 0 Å². The lowest BCUT2D eigenvalue weighted by atomic mass is 9.88. The van der Waals surface area contributed by atoms with Gasteiger partial charge in [-0.15, -0.1) is 0 Å². The number of rotatable bonds is 5. The molecule has 0 saturated carbocycles. The van der Waals surface area contributed by atoms with E-state index in [1.54, 1.807) is 0 Å². The van der Waals surface area contributed by atoms with E-state index < -0.39 is 0 Å². The molecular formula is C24H25N. The normalized spacial score (nSPS) is 13.7. The fourth-order valence-electron chi connectivity index (χ4n) is 4.03. The molecule has 1 nitrogen and oxygen atoms in total. The molecular weight excluding hydrogens is 302 g/mol. The van der Waals surface area contributed by atoms with E-state index in [1.165, 1.54) is 41.8 Å². The molecule has 0 fully saturated rings. The van der Waals surface area contributed by atoms with Gasteiger partial charge in [0.25, 0.3) is 0 Å². The lowest BCUT2D eigenvalue weighted by molar-refractivity contribution is 0.634. The summed E-state index contributed by atoms with van der Waals surface area (Å²) in [6.07, 6.45) is 3.62. The van der Waals surface area contributed by atoms with E-state index in [2.05, 4.69) is 89.8 Å². The maximum atomic E-state index is 2.58. The highest BCUT2D eigenvalue weighted by atomic mass is 15.1. The number of fused-ring (bicyclic) bond motifs is 1. The molecule has 126 valence electrons. The van der Waals surface area contributed by atoms with Gasteiger partial charge in [-0.25, -0.2) is 0 Å². The van der Waals surface area contributed by atoms with Gasteiger partial charge in [0.2, 0.25) is 0 Å². The van der Waals surface area contributed by atoms with Crippen LogP contribution in [0.25, 0.3) is 0 Å². The van der Waals surface area contributed by atoms with Crippen molar-refractivity contribution in [3.8, 4) is 0 Å². The van der Waals surface area contributed by atoms with Crippen LogP contribution >= 0.6 is 0 Å². The third-order valence-corrected chi connectivity index (χ3v) is 5.30. The summed E-state index contributed by atoms with van der Waals surface area (Å²) in [5.74, 6) is 0.455. The van der Waals surface area contributed by atoms with E-state index in [0.717, 1.165) is 13.0 Å². The Kier molecular flexibility index (Phi) is 4.83. The van der Waals surface area contributed by atoms with Gasteiger partial charge in [0.15, 0.2) is 0 Å². The van der Waals surface area contributed by atoms with Gasteiger partial charge in [0.1, 0.15) is 0 Å². The minimum absolute atomic E-state index is 0.455. The third kappa shape index (κ3) is 3.61. The van der Waals surface area contributed by atoms with E-state index in [1.807, 2.05) is 0 Å². The lowest BCUT2D eigenvalue weighted by Gasteiger charge is -2.32. The fourth-order valence-corrected chi connectivity index (χ4v) is 4.03. The minimum atomic E-state index is 0.455. The SMILES string of the molecule is c1ccc(C(CCN2CCCc3ccccc32)c2ccccc2)cc1. The van der Waals surface area contributed by atoms with Gasteiger partial charge in [-0.1, -0.05) is 78.9 Å². The molecule has 0 amide bonds. The number of para-hydroxylation sites is 1. The van der Waals surface area contributed by atoms with Crippen molar-refractivity contribution in [2.45, 2.75) is 25.2 Å². The summed E-state index contributed by atoms with van der Waals surface area (Å²) >= 11 is 0. The molecule has 25 heavy (non-hydrogen) atoms. The Labute approximate surface area is 150 Å². The molecule has 1 heteroatoms. The molecule has 0 aromatic heterocycles. The van der Waals surface area contributed by atoms with E-state index in [0.29, 0.717) is 5.92 Å². The molecule has 0 atom stereocenters. The maximum absolute atomic E-state index is 2.58. The molecule has 1 aliphatic heterocycles. The van der Waals surface area contributed by atoms with Crippen LogP contribution in [0.2, 0.25) is 0 Å². The maximum Gasteiger partial charge on any atom is 0.0398 e. The van der Waals surface area contributed by atoms with E-state index in [-0.39, 0.29) is 0 Å². The Balaban J connectivity index is 1.56. The minimum Gasteiger partial charge on any atom is -0.371 e. The molecule has 0 saturated heterocycles. The number of anilines is 1. The molecule has 0 aliphatic carbocycles. The van der Waals surface area contributed by atoms with Crippen molar-refractivity contribution in [1.82, 2.24) is 0 Å². The highest BCUT2D eigenvalue weighted by Crippen LogP contribution is 2.31. The number of hydrogen-bond donors (Lipinski definition) is 0. The molecule has 1 aliphatic rings. The Morgan fingerprint density at radius 1 is 0.720 bits per heavy atom. The van der Waals surface area contributed by atoms with Crippen LogP contribution in [0, 0.1) is 0 Å². The molecule has 3 aromatic rings. The van der Waals surface area contributed by atoms with Crippen molar-refractivity contribution in [1.29, 1.82) is 0 Å². The smallest absolute Gasteiger partial charge is 0.0398 e. The first kappa shape index (κ1) is 16.0. The molecule has 3 aromatic carbocycles. The van der Waals surface area contributed by atoms with Crippen LogP contribution in [-0.4, -0.2) is 13.1 Å². The zero-order chi connectivity index (χ0) is 16.9. The summed E-state index contributed by atoms with van der Waals surface area (Å²) in [6.45, 7) is 2.28. The topological polar surface area (TPSA) is 3.24 Å². The predicted octanol–water partition coefficient (Wildman–Crippen LogP) is 5.66. The van der Waals surface area contributed by atoms with E-state index >= 15 is 0 Å².